The third-order valence-corrected chi connectivity index (χ3v) is 3.49. The van der Waals surface area contributed by atoms with E-state index in [4.69, 9.17) is 28.6 Å². The molecule has 2 aromatic carbocycles. The molecule has 0 aromatic heterocycles. The Balaban J connectivity index is 2.08. The minimum absolute atomic E-state index is 0.110. The summed E-state index contributed by atoms with van der Waals surface area (Å²) < 4.78 is 19.4. The molecule has 0 bridgehead atoms. The lowest BCUT2D eigenvalue weighted by Crippen LogP contribution is -2.31. The Morgan fingerprint density at radius 3 is 2.88 bits per heavy atom. The normalized spacial score (nSPS) is 10.6. The second-order valence-corrected chi connectivity index (χ2v) is 5.64. The summed E-state index contributed by atoms with van der Waals surface area (Å²) >= 11 is 11.0. The number of rotatable bonds is 6. The highest BCUT2D eigenvalue weighted by molar-refractivity contribution is 7.80. The van der Waals surface area contributed by atoms with Crippen molar-refractivity contribution in [3.8, 4) is 5.75 Å². The molecule has 2 rings (SSSR count). The molecule has 0 atom stereocenters. The first-order chi connectivity index (χ1) is 11.6. The van der Waals surface area contributed by atoms with Crippen LogP contribution in [0.1, 0.15) is 18.1 Å². The molecule has 0 aliphatic carbocycles. The summed E-state index contributed by atoms with van der Waals surface area (Å²) in [5.41, 5.74) is 3.82. The summed E-state index contributed by atoms with van der Waals surface area (Å²) in [4.78, 5) is 0. The van der Waals surface area contributed by atoms with E-state index in [2.05, 4.69) is 15.8 Å². The van der Waals surface area contributed by atoms with Crippen molar-refractivity contribution in [1.29, 1.82) is 0 Å². The van der Waals surface area contributed by atoms with Gasteiger partial charge in [-0.2, -0.15) is 5.10 Å². The number of nitrogens with zero attached hydrogens (tertiary/aromatic N) is 1. The second-order valence-electron chi connectivity index (χ2n) is 4.79. The number of halogens is 2. The third-order valence-electron chi connectivity index (χ3n) is 3.02. The van der Waals surface area contributed by atoms with Crippen LogP contribution in [0.25, 0.3) is 0 Å². The zero-order valence-electron chi connectivity index (χ0n) is 13.1. The highest BCUT2D eigenvalue weighted by atomic mass is 35.5. The molecule has 4 nitrogen and oxygen atoms in total. The van der Waals surface area contributed by atoms with E-state index < -0.39 is 0 Å². The molecular formula is C17H17ClFN3OS. The quantitative estimate of drug-likeness (QED) is 0.463. The predicted molar refractivity (Wildman–Crippen MR) is 99.2 cm³/mol. The van der Waals surface area contributed by atoms with E-state index in [1.165, 1.54) is 6.07 Å². The van der Waals surface area contributed by atoms with Gasteiger partial charge in [-0.15, -0.1) is 0 Å². The van der Waals surface area contributed by atoms with E-state index in [0.29, 0.717) is 33.6 Å². The average Bonchev–Trinajstić information content (AvgIpc) is 2.56. The van der Waals surface area contributed by atoms with Gasteiger partial charge >= 0.3 is 0 Å². The summed E-state index contributed by atoms with van der Waals surface area (Å²) in [6, 6.07) is 11.6. The average molecular weight is 366 g/mol. The maximum absolute atomic E-state index is 13.7. The number of ether oxygens (including phenoxy) is 1. The van der Waals surface area contributed by atoms with Gasteiger partial charge in [-0.3, -0.25) is 5.43 Å². The second kappa shape index (κ2) is 9.20. The van der Waals surface area contributed by atoms with Gasteiger partial charge < -0.3 is 10.1 Å². The van der Waals surface area contributed by atoms with E-state index in [0.717, 1.165) is 0 Å². The van der Waals surface area contributed by atoms with Crippen LogP contribution in [0.5, 0.6) is 5.75 Å². The number of nitrogens with one attached hydrogen (secondary N) is 2. The first-order valence-electron chi connectivity index (χ1n) is 7.32. The number of hydrogen-bond donors (Lipinski definition) is 2. The highest BCUT2D eigenvalue weighted by Crippen LogP contribution is 2.22. The Morgan fingerprint density at radius 1 is 1.33 bits per heavy atom. The van der Waals surface area contributed by atoms with Gasteiger partial charge in [-0.05, 0) is 43.4 Å². The monoisotopic (exact) mass is 365 g/mol. The highest BCUT2D eigenvalue weighted by Gasteiger charge is 2.06. The zero-order chi connectivity index (χ0) is 17.4. The van der Waals surface area contributed by atoms with Gasteiger partial charge in [0.05, 0.1) is 6.21 Å². The smallest absolute Gasteiger partial charge is 0.186 e. The van der Waals surface area contributed by atoms with Crippen LogP contribution in [0.3, 0.4) is 0 Å². The van der Waals surface area contributed by atoms with Crippen molar-refractivity contribution in [2.45, 2.75) is 13.5 Å². The van der Waals surface area contributed by atoms with E-state index in [1.807, 2.05) is 6.92 Å². The van der Waals surface area contributed by atoms with Crippen molar-refractivity contribution in [2.24, 2.45) is 5.10 Å². The minimum atomic E-state index is -0.306. The molecular weight excluding hydrogens is 349 g/mol. The van der Waals surface area contributed by atoms with Gasteiger partial charge in [0.15, 0.2) is 5.11 Å². The van der Waals surface area contributed by atoms with E-state index in [1.54, 1.807) is 42.6 Å². The van der Waals surface area contributed by atoms with Gasteiger partial charge in [0.1, 0.15) is 18.2 Å². The van der Waals surface area contributed by atoms with Crippen LogP contribution in [0.2, 0.25) is 5.02 Å². The standard InChI is InChI=1S/C17H17ClFN3OS/c1-2-20-17(24)22-21-10-13-9-14(18)7-8-16(13)23-11-12-5-3-4-6-15(12)19/h3-10H,2,11H2,1H3,(H2,20,22,24)/b21-10-. The van der Waals surface area contributed by atoms with Gasteiger partial charge in [0, 0.05) is 22.7 Å². The largest absolute Gasteiger partial charge is 0.488 e. The summed E-state index contributed by atoms with van der Waals surface area (Å²) in [6.07, 6.45) is 1.55. The van der Waals surface area contributed by atoms with Crippen molar-refractivity contribution in [3.63, 3.8) is 0 Å². The van der Waals surface area contributed by atoms with Crippen LogP contribution in [0, 0.1) is 5.82 Å². The molecule has 0 aliphatic rings. The lowest BCUT2D eigenvalue weighted by atomic mass is 10.2. The fourth-order valence-corrected chi connectivity index (χ4v) is 2.26. The molecule has 0 amide bonds. The predicted octanol–water partition coefficient (Wildman–Crippen LogP) is 3.88. The Labute approximate surface area is 150 Å². The molecule has 126 valence electrons. The van der Waals surface area contributed by atoms with Crippen LogP contribution in [-0.4, -0.2) is 17.9 Å². The summed E-state index contributed by atoms with van der Waals surface area (Å²) in [6.45, 7) is 2.75. The Morgan fingerprint density at radius 2 is 2.12 bits per heavy atom. The summed E-state index contributed by atoms with van der Waals surface area (Å²) in [5, 5.41) is 7.93. The van der Waals surface area contributed by atoms with Gasteiger partial charge in [-0.25, -0.2) is 4.39 Å². The van der Waals surface area contributed by atoms with Crippen LogP contribution in [0.15, 0.2) is 47.6 Å². The molecule has 0 radical (unpaired) electrons. The van der Waals surface area contributed by atoms with Gasteiger partial charge in [0.25, 0.3) is 0 Å². The van der Waals surface area contributed by atoms with Crippen LogP contribution in [0.4, 0.5) is 4.39 Å². The third kappa shape index (κ3) is 5.47. The molecule has 24 heavy (non-hydrogen) atoms. The fourth-order valence-electron chi connectivity index (χ4n) is 1.88. The Bertz CT molecular complexity index is 740. The van der Waals surface area contributed by atoms with E-state index >= 15 is 0 Å². The molecule has 0 aliphatic heterocycles. The summed E-state index contributed by atoms with van der Waals surface area (Å²) in [5.74, 6) is 0.238. The van der Waals surface area contributed by atoms with Crippen molar-refractivity contribution in [1.82, 2.24) is 10.7 Å². The number of hydrazone groups is 1. The molecule has 0 heterocycles. The topological polar surface area (TPSA) is 45.7 Å². The molecule has 0 saturated carbocycles. The molecule has 0 saturated heterocycles. The number of thiocarbonyl (C=S) groups is 1. The first-order valence-corrected chi connectivity index (χ1v) is 8.11. The molecule has 0 fully saturated rings. The lowest BCUT2D eigenvalue weighted by molar-refractivity contribution is 0.299. The zero-order valence-corrected chi connectivity index (χ0v) is 14.6. The van der Waals surface area contributed by atoms with Gasteiger partial charge in [0.2, 0.25) is 0 Å². The fraction of sp³-hybridized carbons (Fsp3) is 0.176. The van der Waals surface area contributed by atoms with Crippen LogP contribution in [-0.2, 0) is 6.61 Å². The molecule has 7 heteroatoms. The van der Waals surface area contributed by atoms with Gasteiger partial charge in [-0.1, -0.05) is 29.8 Å². The summed E-state index contributed by atoms with van der Waals surface area (Å²) in [7, 11) is 0. The molecule has 0 unspecified atom stereocenters. The Hall–Kier alpha value is -2.18. The first kappa shape index (κ1) is 18.2. The minimum Gasteiger partial charge on any atom is -0.488 e. The Kier molecular flexibility index (Phi) is 6.96. The van der Waals surface area contributed by atoms with Crippen molar-refractivity contribution in [3.05, 3.63) is 64.4 Å². The maximum atomic E-state index is 13.7. The van der Waals surface area contributed by atoms with E-state index in [-0.39, 0.29) is 12.4 Å². The molecule has 2 aromatic rings. The SMILES string of the molecule is CCNC(=S)N/N=C\c1cc(Cl)ccc1OCc1ccccc1F. The lowest BCUT2D eigenvalue weighted by Gasteiger charge is -2.10. The van der Waals surface area contributed by atoms with Crippen LogP contribution < -0.4 is 15.5 Å². The molecule has 0 spiro atoms. The maximum Gasteiger partial charge on any atom is 0.186 e. The van der Waals surface area contributed by atoms with Crippen molar-refractivity contribution < 1.29 is 9.13 Å². The van der Waals surface area contributed by atoms with Crippen LogP contribution >= 0.6 is 23.8 Å². The van der Waals surface area contributed by atoms with Crippen molar-refractivity contribution >= 4 is 35.1 Å². The van der Waals surface area contributed by atoms with E-state index in [9.17, 15) is 4.39 Å². The number of benzene rings is 2. The number of hydrogen-bond acceptors (Lipinski definition) is 3. The molecule has 2 N–H and O–H groups in total. The van der Waals surface area contributed by atoms with Crippen molar-refractivity contribution in [2.75, 3.05) is 6.54 Å².